The molecule has 0 bridgehead atoms. The quantitative estimate of drug-likeness (QED) is 0.789. The molecule has 1 aromatic heterocycles. The number of aliphatic hydroxyl groups excluding tert-OH is 1. The normalized spacial score (nSPS) is 19.8. The van der Waals surface area contributed by atoms with Crippen molar-refractivity contribution in [1.29, 1.82) is 0 Å². The smallest absolute Gasteiger partial charge is 0.251 e. The van der Waals surface area contributed by atoms with E-state index in [1.165, 1.54) is 25.0 Å². The van der Waals surface area contributed by atoms with E-state index in [9.17, 15) is 14.3 Å². The predicted octanol–water partition coefficient (Wildman–Crippen LogP) is 2.77. The second-order valence-electron chi connectivity index (χ2n) is 8.23. The summed E-state index contributed by atoms with van der Waals surface area (Å²) < 4.78 is 18.6. The number of aromatic nitrogens is 1. The summed E-state index contributed by atoms with van der Waals surface area (Å²) in [6.45, 7) is 5.66. The maximum atomic E-state index is 13.3. The second-order valence-corrected chi connectivity index (χ2v) is 8.23. The van der Waals surface area contributed by atoms with E-state index in [0.717, 1.165) is 50.1 Å². The molecule has 1 aromatic carbocycles. The highest BCUT2D eigenvalue weighted by molar-refractivity contribution is 5.80. The summed E-state index contributed by atoms with van der Waals surface area (Å²) in [5.41, 5.74) is 1.43. The fourth-order valence-corrected chi connectivity index (χ4v) is 4.09. The summed E-state index contributed by atoms with van der Waals surface area (Å²) in [6, 6.07) is 4.58. The molecule has 28 heavy (non-hydrogen) atoms. The van der Waals surface area contributed by atoms with E-state index in [4.69, 9.17) is 4.52 Å². The maximum Gasteiger partial charge on any atom is 0.251 e. The topological polar surface area (TPSA) is 69.8 Å². The minimum atomic E-state index is -0.935. The first-order valence-corrected chi connectivity index (χ1v) is 10.3. The van der Waals surface area contributed by atoms with Gasteiger partial charge in [0.25, 0.3) is 5.91 Å². The molecule has 1 unspecified atom stereocenters. The number of likely N-dealkylation sites (tertiary alicyclic amines) is 1. The van der Waals surface area contributed by atoms with Gasteiger partial charge in [0.2, 0.25) is 0 Å². The van der Waals surface area contributed by atoms with Gasteiger partial charge in [-0.3, -0.25) is 4.79 Å². The standard InChI is InChI=1S/C21H28FN3O3/c1-14(26)21(27)25(13-15-2-3-15)11-10-24-8-6-16(7-9-24)20-18-5-4-17(22)12-19(18)28-23-20/h4-5,12,14-16,26H,2-3,6-11,13H2,1H3. The van der Waals surface area contributed by atoms with Crippen molar-refractivity contribution in [2.45, 2.75) is 44.6 Å². The molecule has 1 atom stereocenters. The van der Waals surface area contributed by atoms with E-state index in [0.29, 0.717) is 24.0 Å². The van der Waals surface area contributed by atoms with Crippen molar-refractivity contribution < 1.29 is 18.8 Å². The molecular formula is C21H28FN3O3. The summed E-state index contributed by atoms with van der Waals surface area (Å²) in [4.78, 5) is 16.4. The van der Waals surface area contributed by atoms with Crippen LogP contribution < -0.4 is 0 Å². The van der Waals surface area contributed by atoms with Crippen LogP contribution in [0.2, 0.25) is 0 Å². The van der Waals surface area contributed by atoms with Crippen LogP contribution in [0.15, 0.2) is 22.7 Å². The van der Waals surface area contributed by atoms with Crippen molar-refractivity contribution in [2.75, 3.05) is 32.7 Å². The molecule has 0 spiro atoms. The minimum Gasteiger partial charge on any atom is -0.384 e. The molecule has 1 amide bonds. The summed E-state index contributed by atoms with van der Waals surface area (Å²) in [7, 11) is 0. The van der Waals surface area contributed by atoms with Crippen molar-refractivity contribution in [2.24, 2.45) is 5.92 Å². The predicted molar refractivity (Wildman–Crippen MR) is 103 cm³/mol. The lowest BCUT2D eigenvalue weighted by Crippen LogP contribution is -2.45. The van der Waals surface area contributed by atoms with E-state index in [1.807, 2.05) is 4.90 Å². The van der Waals surface area contributed by atoms with Gasteiger partial charge in [-0.15, -0.1) is 0 Å². The number of benzene rings is 1. The highest BCUT2D eigenvalue weighted by atomic mass is 19.1. The van der Waals surface area contributed by atoms with Gasteiger partial charge in [-0.1, -0.05) is 5.16 Å². The molecule has 1 N–H and O–H groups in total. The Morgan fingerprint density at radius 1 is 1.36 bits per heavy atom. The number of piperidine rings is 1. The number of carbonyl (C=O) groups excluding carboxylic acids is 1. The molecule has 6 nitrogen and oxygen atoms in total. The van der Waals surface area contributed by atoms with Crippen LogP contribution in [0.4, 0.5) is 4.39 Å². The molecule has 1 saturated heterocycles. The number of hydrogen-bond acceptors (Lipinski definition) is 5. The SMILES string of the molecule is CC(O)C(=O)N(CCN1CCC(c2noc3cc(F)ccc23)CC1)CC1CC1. The Hall–Kier alpha value is -1.99. The van der Waals surface area contributed by atoms with Crippen molar-refractivity contribution in [3.05, 3.63) is 29.7 Å². The van der Waals surface area contributed by atoms with E-state index >= 15 is 0 Å². The molecule has 2 heterocycles. The first-order chi connectivity index (χ1) is 13.5. The Labute approximate surface area is 164 Å². The van der Waals surface area contributed by atoms with Gasteiger partial charge >= 0.3 is 0 Å². The largest absolute Gasteiger partial charge is 0.384 e. The second kappa shape index (κ2) is 8.17. The molecule has 4 rings (SSSR count). The molecule has 2 fully saturated rings. The van der Waals surface area contributed by atoms with Crippen LogP contribution in [0.1, 0.15) is 44.2 Å². The number of amides is 1. The Morgan fingerprint density at radius 3 is 2.79 bits per heavy atom. The number of fused-ring (bicyclic) bond motifs is 1. The number of rotatable bonds is 7. The average Bonchev–Trinajstić information content (AvgIpc) is 3.42. The molecule has 1 saturated carbocycles. The van der Waals surface area contributed by atoms with Crippen molar-refractivity contribution >= 4 is 16.9 Å². The zero-order chi connectivity index (χ0) is 19.7. The van der Waals surface area contributed by atoms with Crippen molar-refractivity contribution in [3.63, 3.8) is 0 Å². The first-order valence-electron chi connectivity index (χ1n) is 10.3. The maximum absolute atomic E-state index is 13.3. The van der Waals surface area contributed by atoms with Gasteiger partial charge in [0.1, 0.15) is 11.9 Å². The van der Waals surface area contributed by atoms with E-state index in [-0.39, 0.29) is 11.7 Å². The Kier molecular flexibility index (Phi) is 5.64. The third-order valence-corrected chi connectivity index (χ3v) is 5.97. The van der Waals surface area contributed by atoms with Crippen LogP contribution in [0.5, 0.6) is 0 Å². The third kappa shape index (κ3) is 4.36. The van der Waals surface area contributed by atoms with Gasteiger partial charge in [0.15, 0.2) is 5.58 Å². The first kappa shape index (κ1) is 19.3. The summed E-state index contributed by atoms with van der Waals surface area (Å²) >= 11 is 0. The lowest BCUT2D eigenvalue weighted by molar-refractivity contribution is -0.139. The zero-order valence-electron chi connectivity index (χ0n) is 16.3. The van der Waals surface area contributed by atoms with Gasteiger partial charge < -0.3 is 19.4 Å². The zero-order valence-corrected chi connectivity index (χ0v) is 16.3. The van der Waals surface area contributed by atoms with Gasteiger partial charge in [-0.2, -0.15) is 0 Å². The van der Waals surface area contributed by atoms with Gasteiger partial charge in [0, 0.05) is 37.0 Å². The number of carbonyl (C=O) groups is 1. The fraction of sp³-hybridized carbons (Fsp3) is 0.619. The van der Waals surface area contributed by atoms with Crippen LogP contribution >= 0.6 is 0 Å². The summed E-state index contributed by atoms with van der Waals surface area (Å²) in [5.74, 6) is 0.443. The third-order valence-electron chi connectivity index (χ3n) is 5.97. The highest BCUT2D eigenvalue weighted by Crippen LogP contribution is 2.33. The van der Waals surface area contributed by atoms with Crippen LogP contribution in [0.3, 0.4) is 0 Å². The molecule has 7 heteroatoms. The lowest BCUT2D eigenvalue weighted by Gasteiger charge is -2.33. The highest BCUT2D eigenvalue weighted by Gasteiger charge is 2.29. The Balaban J connectivity index is 1.31. The van der Waals surface area contributed by atoms with Gasteiger partial charge in [-0.05, 0) is 63.7 Å². The molecule has 1 aliphatic carbocycles. The van der Waals surface area contributed by atoms with Crippen LogP contribution in [0.25, 0.3) is 11.0 Å². The number of hydrogen-bond donors (Lipinski definition) is 1. The summed E-state index contributed by atoms with van der Waals surface area (Å²) in [5, 5.41) is 14.8. The van der Waals surface area contributed by atoms with Gasteiger partial charge in [0.05, 0.1) is 5.69 Å². The number of nitrogens with zero attached hydrogens (tertiary/aromatic N) is 3. The van der Waals surface area contributed by atoms with Gasteiger partial charge in [-0.25, -0.2) is 4.39 Å². The molecule has 2 aliphatic rings. The van der Waals surface area contributed by atoms with E-state index in [2.05, 4.69) is 10.1 Å². The van der Waals surface area contributed by atoms with Crippen LogP contribution in [0, 0.1) is 11.7 Å². The Morgan fingerprint density at radius 2 is 2.11 bits per heavy atom. The van der Waals surface area contributed by atoms with Crippen LogP contribution in [-0.2, 0) is 4.79 Å². The Bertz CT molecular complexity index is 825. The van der Waals surface area contributed by atoms with Crippen molar-refractivity contribution in [1.82, 2.24) is 15.0 Å². The van der Waals surface area contributed by atoms with E-state index < -0.39 is 6.10 Å². The monoisotopic (exact) mass is 389 g/mol. The number of aliphatic hydroxyl groups is 1. The molecule has 152 valence electrons. The average molecular weight is 389 g/mol. The van der Waals surface area contributed by atoms with E-state index in [1.54, 1.807) is 13.0 Å². The molecule has 1 aliphatic heterocycles. The van der Waals surface area contributed by atoms with Crippen molar-refractivity contribution in [3.8, 4) is 0 Å². The molecule has 2 aromatic rings. The number of halogens is 1. The molecule has 0 radical (unpaired) electrons. The minimum absolute atomic E-state index is 0.164. The molecular weight excluding hydrogens is 361 g/mol. The van der Waals surface area contributed by atoms with Crippen LogP contribution in [-0.4, -0.2) is 64.8 Å². The fourth-order valence-electron chi connectivity index (χ4n) is 4.09. The lowest BCUT2D eigenvalue weighted by atomic mass is 9.91. The summed E-state index contributed by atoms with van der Waals surface area (Å²) in [6.07, 6.45) is 3.36.